The first-order chi connectivity index (χ1) is 9.63. The van der Waals surface area contributed by atoms with Crippen LogP contribution in [0.4, 0.5) is 11.5 Å². The van der Waals surface area contributed by atoms with Crippen LogP contribution in [0.15, 0.2) is 24.3 Å². The summed E-state index contributed by atoms with van der Waals surface area (Å²) in [4.78, 5) is 12.1. The number of benzene rings is 1. The Morgan fingerprint density at radius 3 is 2.80 bits per heavy atom. The lowest BCUT2D eigenvalue weighted by Crippen LogP contribution is -2.12. The molecule has 1 heterocycles. The van der Waals surface area contributed by atoms with Gasteiger partial charge in [0.05, 0.1) is 12.3 Å². The number of H-pyrrole nitrogens is 1. The van der Waals surface area contributed by atoms with Crippen LogP contribution in [0.1, 0.15) is 29.9 Å². The minimum Gasteiger partial charge on any atom is -0.492 e. The number of amides is 1. The lowest BCUT2D eigenvalue weighted by molar-refractivity contribution is 0.102. The SMILES string of the molecule is CCOc1ccc(C(=O)Nc2cc(CC)[nH]n2)cc1N. The lowest BCUT2D eigenvalue weighted by Gasteiger charge is -2.08. The van der Waals surface area contributed by atoms with Crippen LogP contribution in [0.25, 0.3) is 0 Å². The van der Waals surface area contributed by atoms with Gasteiger partial charge in [-0.2, -0.15) is 5.10 Å². The van der Waals surface area contributed by atoms with E-state index in [-0.39, 0.29) is 5.91 Å². The van der Waals surface area contributed by atoms with Crippen molar-refractivity contribution in [3.8, 4) is 5.75 Å². The molecule has 106 valence electrons. The third-order valence-electron chi connectivity index (χ3n) is 2.83. The van der Waals surface area contributed by atoms with Crippen molar-refractivity contribution in [2.24, 2.45) is 0 Å². The van der Waals surface area contributed by atoms with Crippen LogP contribution in [0, 0.1) is 0 Å². The summed E-state index contributed by atoms with van der Waals surface area (Å²) in [6, 6.07) is 6.75. The molecule has 0 aliphatic carbocycles. The van der Waals surface area contributed by atoms with Crippen molar-refractivity contribution in [1.82, 2.24) is 10.2 Å². The number of anilines is 2. The van der Waals surface area contributed by atoms with E-state index in [0.29, 0.717) is 29.4 Å². The molecule has 2 rings (SSSR count). The first-order valence-electron chi connectivity index (χ1n) is 6.52. The van der Waals surface area contributed by atoms with Gasteiger partial charge in [0.25, 0.3) is 5.91 Å². The summed E-state index contributed by atoms with van der Waals surface area (Å²) < 4.78 is 5.33. The highest BCUT2D eigenvalue weighted by atomic mass is 16.5. The Hall–Kier alpha value is -2.50. The molecule has 1 amide bonds. The molecule has 20 heavy (non-hydrogen) atoms. The molecule has 1 aromatic carbocycles. The molecule has 2 aromatic rings. The van der Waals surface area contributed by atoms with Crippen molar-refractivity contribution < 1.29 is 9.53 Å². The van der Waals surface area contributed by atoms with Crippen molar-refractivity contribution in [2.45, 2.75) is 20.3 Å². The Labute approximate surface area is 117 Å². The van der Waals surface area contributed by atoms with E-state index < -0.39 is 0 Å². The van der Waals surface area contributed by atoms with Crippen LogP contribution in [0.2, 0.25) is 0 Å². The second kappa shape index (κ2) is 6.10. The molecule has 0 fully saturated rings. The van der Waals surface area contributed by atoms with Gasteiger partial charge < -0.3 is 15.8 Å². The van der Waals surface area contributed by atoms with Gasteiger partial charge >= 0.3 is 0 Å². The van der Waals surface area contributed by atoms with E-state index in [1.807, 2.05) is 13.8 Å². The number of nitrogens with zero attached hydrogens (tertiary/aromatic N) is 1. The Morgan fingerprint density at radius 2 is 2.20 bits per heavy atom. The Bertz CT molecular complexity index is 607. The molecular weight excluding hydrogens is 256 g/mol. The maximum atomic E-state index is 12.1. The second-order valence-corrected chi connectivity index (χ2v) is 4.27. The quantitative estimate of drug-likeness (QED) is 0.729. The van der Waals surface area contributed by atoms with Gasteiger partial charge in [0.15, 0.2) is 5.82 Å². The van der Waals surface area contributed by atoms with E-state index in [1.54, 1.807) is 24.3 Å². The summed E-state index contributed by atoms with van der Waals surface area (Å²) in [7, 11) is 0. The number of carbonyl (C=O) groups excluding carboxylic acids is 1. The Morgan fingerprint density at radius 1 is 1.40 bits per heavy atom. The zero-order chi connectivity index (χ0) is 14.5. The minimum atomic E-state index is -0.256. The predicted octanol–water partition coefficient (Wildman–Crippen LogP) is 2.21. The second-order valence-electron chi connectivity index (χ2n) is 4.27. The van der Waals surface area contributed by atoms with E-state index in [2.05, 4.69) is 15.5 Å². The highest BCUT2D eigenvalue weighted by molar-refractivity contribution is 6.04. The van der Waals surface area contributed by atoms with E-state index in [9.17, 15) is 4.79 Å². The summed E-state index contributed by atoms with van der Waals surface area (Å²) in [6.45, 7) is 4.41. The zero-order valence-electron chi connectivity index (χ0n) is 11.6. The van der Waals surface area contributed by atoms with Gasteiger partial charge in [-0.25, -0.2) is 0 Å². The number of carbonyl (C=O) groups is 1. The fourth-order valence-electron chi connectivity index (χ4n) is 1.77. The summed E-state index contributed by atoms with van der Waals surface area (Å²) >= 11 is 0. The number of hydrogen-bond donors (Lipinski definition) is 3. The smallest absolute Gasteiger partial charge is 0.256 e. The van der Waals surface area contributed by atoms with Crippen LogP contribution in [0.5, 0.6) is 5.75 Å². The van der Waals surface area contributed by atoms with Crippen LogP contribution >= 0.6 is 0 Å². The van der Waals surface area contributed by atoms with Gasteiger partial charge in [0.1, 0.15) is 5.75 Å². The number of nitrogen functional groups attached to an aromatic ring is 1. The number of rotatable bonds is 5. The summed E-state index contributed by atoms with van der Waals surface area (Å²) in [5, 5.41) is 9.56. The van der Waals surface area contributed by atoms with Crippen LogP contribution in [0.3, 0.4) is 0 Å². The van der Waals surface area contributed by atoms with Crippen molar-refractivity contribution in [3.05, 3.63) is 35.5 Å². The monoisotopic (exact) mass is 274 g/mol. The molecule has 0 spiro atoms. The molecule has 0 atom stereocenters. The fraction of sp³-hybridized carbons (Fsp3) is 0.286. The number of aromatic amines is 1. The van der Waals surface area contributed by atoms with Gasteiger partial charge in [-0.05, 0) is 31.5 Å². The van der Waals surface area contributed by atoms with Crippen LogP contribution in [-0.2, 0) is 6.42 Å². The van der Waals surface area contributed by atoms with E-state index in [1.165, 1.54) is 0 Å². The van der Waals surface area contributed by atoms with Crippen molar-refractivity contribution >= 4 is 17.4 Å². The van der Waals surface area contributed by atoms with E-state index in [4.69, 9.17) is 10.5 Å². The van der Waals surface area contributed by atoms with Gasteiger partial charge in [0, 0.05) is 17.3 Å². The number of hydrogen-bond acceptors (Lipinski definition) is 4. The first-order valence-corrected chi connectivity index (χ1v) is 6.52. The van der Waals surface area contributed by atoms with Gasteiger partial charge in [-0.15, -0.1) is 0 Å². The van der Waals surface area contributed by atoms with Crippen molar-refractivity contribution in [2.75, 3.05) is 17.7 Å². The number of nitrogens with two attached hydrogens (primary N) is 1. The molecule has 0 radical (unpaired) electrons. The number of aryl methyl sites for hydroxylation is 1. The third-order valence-corrected chi connectivity index (χ3v) is 2.83. The molecule has 0 unspecified atom stereocenters. The van der Waals surface area contributed by atoms with Crippen LogP contribution < -0.4 is 15.8 Å². The molecule has 1 aromatic heterocycles. The average molecular weight is 274 g/mol. The van der Waals surface area contributed by atoms with E-state index in [0.717, 1.165) is 12.1 Å². The van der Waals surface area contributed by atoms with Gasteiger partial charge in [-0.3, -0.25) is 9.89 Å². The Kier molecular flexibility index (Phi) is 4.24. The highest BCUT2D eigenvalue weighted by Gasteiger charge is 2.10. The van der Waals surface area contributed by atoms with Crippen molar-refractivity contribution in [1.29, 1.82) is 0 Å². The molecule has 0 saturated carbocycles. The standard InChI is InChI=1S/C14H18N4O2/c1-3-10-8-13(18-17-10)16-14(19)9-5-6-12(20-4-2)11(15)7-9/h5-8H,3-4,15H2,1-2H3,(H2,16,17,18,19). The third kappa shape index (κ3) is 3.09. The summed E-state index contributed by atoms with van der Waals surface area (Å²) in [6.07, 6.45) is 0.832. The predicted molar refractivity (Wildman–Crippen MR) is 77.9 cm³/mol. The molecule has 0 aliphatic heterocycles. The maximum Gasteiger partial charge on any atom is 0.256 e. The largest absolute Gasteiger partial charge is 0.492 e. The Balaban J connectivity index is 2.10. The normalized spacial score (nSPS) is 10.3. The maximum absolute atomic E-state index is 12.1. The molecule has 0 aliphatic rings. The first kappa shape index (κ1) is 13.9. The molecule has 0 bridgehead atoms. The van der Waals surface area contributed by atoms with E-state index >= 15 is 0 Å². The molecule has 4 N–H and O–H groups in total. The van der Waals surface area contributed by atoms with Gasteiger partial charge in [0.2, 0.25) is 0 Å². The molecule has 0 saturated heterocycles. The van der Waals surface area contributed by atoms with Crippen molar-refractivity contribution in [3.63, 3.8) is 0 Å². The molecule has 6 nitrogen and oxygen atoms in total. The summed E-state index contributed by atoms with van der Waals surface area (Å²) in [5.74, 6) is 0.824. The topological polar surface area (TPSA) is 93.0 Å². The van der Waals surface area contributed by atoms with Gasteiger partial charge in [-0.1, -0.05) is 6.92 Å². The fourth-order valence-corrected chi connectivity index (χ4v) is 1.77. The highest BCUT2D eigenvalue weighted by Crippen LogP contribution is 2.23. The molecular formula is C14H18N4O2. The number of aromatic nitrogens is 2. The molecule has 6 heteroatoms. The lowest BCUT2D eigenvalue weighted by atomic mass is 10.1. The number of nitrogens with one attached hydrogen (secondary N) is 2. The number of ether oxygens (including phenoxy) is 1. The zero-order valence-corrected chi connectivity index (χ0v) is 11.6. The average Bonchev–Trinajstić information content (AvgIpc) is 2.89. The minimum absolute atomic E-state index is 0.256. The van der Waals surface area contributed by atoms with Crippen LogP contribution in [-0.4, -0.2) is 22.7 Å². The summed E-state index contributed by atoms with van der Waals surface area (Å²) in [5.41, 5.74) is 7.71.